The third-order valence-electron chi connectivity index (χ3n) is 4.76. The third kappa shape index (κ3) is 2.37. The third-order valence-corrected chi connectivity index (χ3v) is 4.76. The molecule has 130 valence electrons. The minimum Gasteiger partial charge on any atom is -0.444 e. The number of nitriles is 1. The van der Waals surface area contributed by atoms with Crippen LogP contribution in [0.3, 0.4) is 0 Å². The standard InChI is InChI=1S/C18H16N6O2/c1-21-15-12-7-22-14(18(3-4-18)17(20)25)6-11(12)13(8-23-15)16-24-10(2-5-19)9-26-16/h6-9H,2-4H2,1H3,(H2,20,25)(H,21,23). The first kappa shape index (κ1) is 16.0. The van der Waals surface area contributed by atoms with Crippen LogP contribution in [0.2, 0.25) is 0 Å². The molecule has 4 rings (SSSR count). The largest absolute Gasteiger partial charge is 0.444 e. The second-order valence-electron chi connectivity index (χ2n) is 6.31. The number of rotatable bonds is 5. The Bertz CT molecular complexity index is 1060. The average molecular weight is 348 g/mol. The van der Waals surface area contributed by atoms with E-state index in [1.54, 1.807) is 19.4 Å². The Labute approximate surface area is 149 Å². The molecule has 1 aliphatic carbocycles. The van der Waals surface area contributed by atoms with Crippen LogP contribution in [0.1, 0.15) is 24.2 Å². The number of primary amides is 1. The Morgan fingerprint density at radius 2 is 2.19 bits per heavy atom. The van der Waals surface area contributed by atoms with Gasteiger partial charge in [-0.3, -0.25) is 9.78 Å². The summed E-state index contributed by atoms with van der Waals surface area (Å²) < 4.78 is 5.54. The number of hydrogen-bond acceptors (Lipinski definition) is 7. The molecule has 0 atom stereocenters. The zero-order valence-corrected chi connectivity index (χ0v) is 14.1. The number of anilines is 1. The van der Waals surface area contributed by atoms with E-state index in [0.29, 0.717) is 41.5 Å². The number of nitrogens with zero attached hydrogens (tertiary/aromatic N) is 4. The molecule has 1 amide bonds. The van der Waals surface area contributed by atoms with E-state index in [2.05, 4.69) is 20.3 Å². The molecular weight excluding hydrogens is 332 g/mol. The lowest BCUT2D eigenvalue weighted by molar-refractivity contribution is -0.120. The van der Waals surface area contributed by atoms with E-state index in [9.17, 15) is 4.79 Å². The number of hydrogen-bond donors (Lipinski definition) is 2. The fraction of sp³-hybridized carbons (Fsp3) is 0.278. The number of aromatic nitrogens is 3. The number of carbonyl (C=O) groups excluding carboxylic acids is 1. The van der Waals surface area contributed by atoms with Crippen LogP contribution in [0.4, 0.5) is 5.82 Å². The summed E-state index contributed by atoms with van der Waals surface area (Å²) in [6.45, 7) is 0. The molecule has 3 heterocycles. The SMILES string of the molecule is CNc1ncc(-c2nc(CC#N)co2)c2cc(C3(C(N)=O)CC3)ncc12. The first-order chi connectivity index (χ1) is 12.6. The molecule has 0 aliphatic heterocycles. The summed E-state index contributed by atoms with van der Waals surface area (Å²) in [5.74, 6) is 0.674. The maximum Gasteiger partial charge on any atom is 0.229 e. The summed E-state index contributed by atoms with van der Waals surface area (Å²) in [7, 11) is 1.78. The molecule has 3 aromatic heterocycles. The first-order valence-corrected chi connectivity index (χ1v) is 8.17. The van der Waals surface area contributed by atoms with Gasteiger partial charge in [0.2, 0.25) is 11.8 Å². The molecule has 0 bridgehead atoms. The fourth-order valence-corrected chi connectivity index (χ4v) is 3.11. The molecule has 3 N–H and O–H groups in total. The van der Waals surface area contributed by atoms with Crippen molar-refractivity contribution in [2.24, 2.45) is 5.73 Å². The molecule has 1 aliphatic rings. The number of nitrogens with one attached hydrogen (secondary N) is 1. The Kier molecular flexibility index (Phi) is 3.58. The second-order valence-corrected chi connectivity index (χ2v) is 6.31. The van der Waals surface area contributed by atoms with Crippen molar-refractivity contribution in [3.63, 3.8) is 0 Å². The Morgan fingerprint density at radius 1 is 1.38 bits per heavy atom. The van der Waals surface area contributed by atoms with Crippen LogP contribution in [0.5, 0.6) is 0 Å². The summed E-state index contributed by atoms with van der Waals surface area (Å²) in [6, 6.07) is 3.90. The van der Waals surface area contributed by atoms with Crippen LogP contribution < -0.4 is 11.1 Å². The number of fused-ring (bicyclic) bond motifs is 1. The molecule has 1 saturated carbocycles. The van der Waals surface area contributed by atoms with E-state index >= 15 is 0 Å². The first-order valence-electron chi connectivity index (χ1n) is 8.17. The van der Waals surface area contributed by atoms with Crippen molar-refractivity contribution in [2.45, 2.75) is 24.7 Å². The van der Waals surface area contributed by atoms with Gasteiger partial charge >= 0.3 is 0 Å². The highest BCUT2D eigenvalue weighted by Gasteiger charge is 2.51. The molecule has 1 fully saturated rings. The molecule has 0 spiro atoms. The van der Waals surface area contributed by atoms with Crippen LogP contribution in [-0.2, 0) is 16.6 Å². The van der Waals surface area contributed by atoms with Gasteiger partial charge in [0.25, 0.3) is 0 Å². The van der Waals surface area contributed by atoms with Gasteiger partial charge in [-0.25, -0.2) is 9.97 Å². The highest BCUT2D eigenvalue weighted by molar-refractivity contribution is 6.01. The fourth-order valence-electron chi connectivity index (χ4n) is 3.11. The zero-order chi connectivity index (χ0) is 18.3. The van der Waals surface area contributed by atoms with Gasteiger partial charge in [0.15, 0.2) is 0 Å². The predicted octanol–water partition coefficient (Wildman–Crippen LogP) is 1.91. The quantitative estimate of drug-likeness (QED) is 0.720. The van der Waals surface area contributed by atoms with Gasteiger partial charge in [-0.15, -0.1) is 0 Å². The zero-order valence-electron chi connectivity index (χ0n) is 14.1. The van der Waals surface area contributed by atoms with Crippen molar-refractivity contribution in [2.75, 3.05) is 12.4 Å². The van der Waals surface area contributed by atoms with Gasteiger partial charge in [0.05, 0.1) is 34.9 Å². The van der Waals surface area contributed by atoms with Gasteiger partial charge < -0.3 is 15.5 Å². The van der Waals surface area contributed by atoms with E-state index in [1.165, 1.54) is 6.26 Å². The summed E-state index contributed by atoms with van der Waals surface area (Å²) in [6.07, 6.45) is 6.38. The van der Waals surface area contributed by atoms with Crippen LogP contribution in [0, 0.1) is 11.3 Å². The molecular formula is C18H16N6O2. The number of nitrogens with two attached hydrogens (primary N) is 1. The maximum atomic E-state index is 11.9. The maximum absolute atomic E-state index is 11.9. The summed E-state index contributed by atoms with van der Waals surface area (Å²) >= 11 is 0. The van der Waals surface area contributed by atoms with Gasteiger partial charge in [-0.05, 0) is 18.9 Å². The van der Waals surface area contributed by atoms with Crippen molar-refractivity contribution in [3.05, 3.63) is 36.1 Å². The topological polar surface area (TPSA) is 131 Å². The molecule has 0 radical (unpaired) electrons. The van der Waals surface area contributed by atoms with E-state index in [-0.39, 0.29) is 12.3 Å². The van der Waals surface area contributed by atoms with Crippen LogP contribution >= 0.6 is 0 Å². The van der Waals surface area contributed by atoms with Gasteiger partial charge in [0.1, 0.15) is 12.1 Å². The van der Waals surface area contributed by atoms with E-state index in [4.69, 9.17) is 15.4 Å². The molecule has 8 heteroatoms. The highest BCUT2D eigenvalue weighted by Crippen LogP contribution is 2.48. The Morgan fingerprint density at radius 3 is 2.85 bits per heavy atom. The number of pyridine rings is 2. The normalized spacial score (nSPS) is 14.8. The smallest absolute Gasteiger partial charge is 0.229 e. The lowest BCUT2D eigenvalue weighted by Crippen LogP contribution is -2.29. The van der Waals surface area contributed by atoms with Crippen molar-refractivity contribution in [1.29, 1.82) is 5.26 Å². The van der Waals surface area contributed by atoms with E-state index in [1.807, 2.05) is 12.1 Å². The number of oxazole rings is 1. The minimum absolute atomic E-state index is 0.168. The summed E-state index contributed by atoms with van der Waals surface area (Å²) in [5, 5.41) is 13.5. The predicted molar refractivity (Wildman–Crippen MR) is 94.0 cm³/mol. The van der Waals surface area contributed by atoms with Crippen molar-refractivity contribution in [1.82, 2.24) is 15.0 Å². The minimum atomic E-state index is -0.683. The number of amides is 1. The second kappa shape index (κ2) is 5.81. The Hall–Kier alpha value is -3.47. The van der Waals surface area contributed by atoms with E-state index < -0.39 is 5.41 Å². The van der Waals surface area contributed by atoms with Gasteiger partial charge in [-0.2, -0.15) is 5.26 Å². The molecule has 26 heavy (non-hydrogen) atoms. The van der Waals surface area contributed by atoms with Crippen LogP contribution in [0.15, 0.2) is 29.1 Å². The molecule has 0 saturated heterocycles. The van der Waals surface area contributed by atoms with Crippen LogP contribution in [0.25, 0.3) is 22.2 Å². The lowest BCUT2D eigenvalue weighted by Gasteiger charge is -2.13. The highest BCUT2D eigenvalue weighted by atomic mass is 16.3. The van der Waals surface area contributed by atoms with Crippen LogP contribution in [-0.4, -0.2) is 27.9 Å². The van der Waals surface area contributed by atoms with Gasteiger partial charge in [-0.1, -0.05) is 0 Å². The molecule has 0 unspecified atom stereocenters. The number of carbonyl (C=O) groups is 1. The summed E-state index contributed by atoms with van der Waals surface area (Å²) in [4.78, 5) is 25.1. The molecule has 0 aromatic carbocycles. The van der Waals surface area contributed by atoms with Crippen molar-refractivity contribution in [3.8, 4) is 17.5 Å². The van der Waals surface area contributed by atoms with Crippen molar-refractivity contribution < 1.29 is 9.21 Å². The Balaban J connectivity index is 1.92. The summed E-state index contributed by atoms with van der Waals surface area (Å²) in [5.41, 5.74) is 6.78. The molecule has 3 aromatic rings. The molecule has 8 nitrogen and oxygen atoms in total. The monoisotopic (exact) mass is 348 g/mol. The van der Waals surface area contributed by atoms with Crippen molar-refractivity contribution >= 4 is 22.5 Å². The van der Waals surface area contributed by atoms with E-state index in [0.717, 1.165) is 10.8 Å². The van der Waals surface area contributed by atoms with Gasteiger partial charge in [0, 0.05) is 30.2 Å². The lowest BCUT2D eigenvalue weighted by atomic mass is 9.98. The average Bonchev–Trinajstić information content (AvgIpc) is 3.35.